The molecule has 0 aromatic carbocycles. The molecule has 17 nitrogen and oxygen atoms in total. The summed E-state index contributed by atoms with van der Waals surface area (Å²) in [7, 11) is -9.92. The molecule has 3 N–H and O–H groups in total. The first-order chi connectivity index (χ1) is 51.6. The summed E-state index contributed by atoms with van der Waals surface area (Å²) in [4.78, 5) is 73.2. The van der Waals surface area contributed by atoms with Crippen molar-refractivity contribution in [3.8, 4) is 0 Å². The van der Waals surface area contributed by atoms with Gasteiger partial charge in [-0.15, -0.1) is 0 Å². The topological polar surface area (TPSA) is 237 Å². The van der Waals surface area contributed by atoms with Crippen LogP contribution in [0.1, 0.15) is 471 Å². The first kappa shape index (κ1) is 104. The molecule has 0 aromatic heterocycles. The number of aliphatic hydroxyl groups is 1. The molecule has 0 aliphatic rings. The molecule has 0 aliphatic heterocycles. The molecule has 0 amide bonds. The molecule has 630 valence electrons. The maximum Gasteiger partial charge on any atom is 0.472 e. The van der Waals surface area contributed by atoms with E-state index in [0.29, 0.717) is 25.7 Å². The predicted octanol–water partition coefficient (Wildman–Crippen LogP) is 26.8. The highest BCUT2D eigenvalue weighted by atomic mass is 31.2. The molecule has 0 fully saturated rings. The molecule has 0 aliphatic carbocycles. The van der Waals surface area contributed by atoms with Crippen LogP contribution in [0.5, 0.6) is 0 Å². The van der Waals surface area contributed by atoms with Crippen LogP contribution in [0.3, 0.4) is 0 Å². The van der Waals surface area contributed by atoms with E-state index >= 15 is 0 Å². The van der Waals surface area contributed by atoms with Crippen LogP contribution >= 0.6 is 15.6 Å². The van der Waals surface area contributed by atoms with Gasteiger partial charge in [-0.25, -0.2) is 9.13 Å². The molecule has 0 rings (SSSR count). The number of carbonyl (C=O) groups excluding carboxylic acids is 4. The first-order valence-electron chi connectivity index (χ1n) is 45.2. The summed E-state index contributed by atoms with van der Waals surface area (Å²) in [6.07, 6.45) is 73.6. The first-order valence-corrected chi connectivity index (χ1v) is 48.2. The standard InChI is InChI=1S/C87H170O17P2/c1-6-10-13-16-19-22-25-27-28-29-30-31-32-36-39-42-47-51-56-61-66-71-85(90)98-77-83(104-87(92)73-68-63-58-53-48-43-40-37-34-33-35-38-41-45-49-54-59-64-69-80(5)9-4)79-102-106(95,96)100-75-81(88)74-99-105(93,94)101-78-82(76-97-84(89)70-65-60-55-50-44-24-21-18-15-12-8-3)103-86(91)72-67-62-57-52-46-26-23-20-17-14-11-7-2/h80-83,88H,6-79H2,1-5H3,(H,93,94)(H,95,96)/t80?,81-,82+,83+/m0/s1. The van der Waals surface area contributed by atoms with Crippen molar-refractivity contribution < 1.29 is 80.2 Å². The number of phosphoric ester groups is 2. The van der Waals surface area contributed by atoms with Crippen LogP contribution in [0.2, 0.25) is 0 Å². The van der Waals surface area contributed by atoms with E-state index in [1.807, 2.05) is 0 Å². The van der Waals surface area contributed by atoms with Crippen LogP contribution in [0.4, 0.5) is 0 Å². The lowest BCUT2D eigenvalue weighted by molar-refractivity contribution is -0.161. The van der Waals surface area contributed by atoms with Crippen molar-refractivity contribution in [2.24, 2.45) is 5.92 Å². The smallest absolute Gasteiger partial charge is 0.462 e. The van der Waals surface area contributed by atoms with Gasteiger partial charge in [-0.1, -0.05) is 420 Å². The maximum atomic E-state index is 13.2. The van der Waals surface area contributed by atoms with E-state index in [9.17, 15) is 43.2 Å². The van der Waals surface area contributed by atoms with Crippen LogP contribution in [-0.2, 0) is 65.4 Å². The molecule has 6 atom stereocenters. The van der Waals surface area contributed by atoms with E-state index in [1.54, 1.807) is 0 Å². The van der Waals surface area contributed by atoms with Gasteiger partial charge in [0.25, 0.3) is 0 Å². The van der Waals surface area contributed by atoms with Crippen molar-refractivity contribution in [1.29, 1.82) is 0 Å². The fraction of sp³-hybridized carbons (Fsp3) is 0.954. The van der Waals surface area contributed by atoms with Gasteiger partial charge < -0.3 is 33.8 Å². The fourth-order valence-corrected chi connectivity index (χ4v) is 15.2. The molecule has 0 saturated heterocycles. The zero-order chi connectivity index (χ0) is 77.6. The second-order valence-electron chi connectivity index (χ2n) is 31.5. The normalized spacial score (nSPS) is 14.0. The van der Waals surface area contributed by atoms with Gasteiger partial charge in [0.15, 0.2) is 12.2 Å². The third-order valence-corrected chi connectivity index (χ3v) is 22.8. The number of hydrogen-bond donors (Lipinski definition) is 3. The van der Waals surface area contributed by atoms with Crippen molar-refractivity contribution in [3.63, 3.8) is 0 Å². The Bertz CT molecular complexity index is 2020. The number of unbranched alkanes of at least 4 members (excludes halogenated alkanes) is 58. The monoisotopic (exact) mass is 1550 g/mol. The Morgan fingerprint density at radius 1 is 0.264 bits per heavy atom. The minimum atomic E-state index is -4.97. The van der Waals surface area contributed by atoms with Gasteiger partial charge in [0, 0.05) is 25.7 Å². The van der Waals surface area contributed by atoms with Crippen LogP contribution < -0.4 is 0 Å². The van der Waals surface area contributed by atoms with Gasteiger partial charge >= 0.3 is 39.5 Å². The third-order valence-electron chi connectivity index (χ3n) is 20.9. The zero-order valence-electron chi connectivity index (χ0n) is 69.6. The molecular formula is C87H170O17P2. The number of carbonyl (C=O) groups is 4. The van der Waals surface area contributed by atoms with Gasteiger partial charge in [-0.2, -0.15) is 0 Å². The molecule has 106 heavy (non-hydrogen) atoms. The number of hydrogen-bond acceptors (Lipinski definition) is 15. The summed E-state index contributed by atoms with van der Waals surface area (Å²) in [5, 5.41) is 10.7. The minimum Gasteiger partial charge on any atom is -0.462 e. The Balaban J connectivity index is 5.20. The molecule has 19 heteroatoms. The lowest BCUT2D eigenvalue weighted by atomic mass is 9.99. The summed E-state index contributed by atoms with van der Waals surface area (Å²) in [6.45, 7) is 7.43. The summed E-state index contributed by atoms with van der Waals surface area (Å²) in [5.74, 6) is -1.23. The number of aliphatic hydroxyl groups excluding tert-OH is 1. The average Bonchev–Trinajstić information content (AvgIpc) is 0.900. The Morgan fingerprint density at radius 2 is 0.453 bits per heavy atom. The Morgan fingerprint density at radius 3 is 0.670 bits per heavy atom. The van der Waals surface area contributed by atoms with Crippen molar-refractivity contribution in [1.82, 2.24) is 0 Å². The third kappa shape index (κ3) is 78.7. The molecule has 0 heterocycles. The Hall–Kier alpha value is -1.94. The molecule has 0 bridgehead atoms. The predicted molar refractivity (Wildman–Crippen MR) is 437 cm³/mol. The van der Waals surface area contributed by atoms with Gasteiger partial charge in [-0.05, 0) is 31.6 Å². The fourth-order valence-electron chi connectivity index (χ4n) is 13.6. The second-order valence-corrected chi connectivity index (χ2v) is 34.4. The van der Waals surface area contributed by atoms with E-state index in [0.717, 1.165) is 95.8 Å². The molecule has 0 radical (unpaired) electrons. The second kappa shape index (κ2) is 79.7. The number of phosphoric acid groups is 2. The molecule has 0 aromatic rings. The lowest BCUT2D eigenvalue weighted by Gasteiger charge is -2.21. The minimum absolute atomic E-state index is 0.108. The van der Waals surface area contributed by atoms with Crippen LogP contribution in [0.15, 0.2) is 0 Å². The van der Waals surface area contributed by atoms with E-state index in [1.165, 1.54) is 295 Å². The zero-order valence-corrected chi connectivity index (χ0v) is 71.4. The van der Waals surface area contributed by atoms with E-state index in [4.69, 9.17) is 37.0 Å². The van der Waals surface area contributed by atoms with Crippen LogP contribution in [0.25, 0.3) is 0 Å². The number of esters is 4. The molecule has 0 spiro atoms. The van der Waals surface area contributed by atoms with Crippen molar-refractivity contribution in [2.75, 3.05) is 39.6 Å². The lowest BCUT2D eigenvalue weighted by Crippen LogP contribution is -2.30. The van der Waals surface area contributed by atoms with E-state index in [2.05, 4.69) is 34.6 Å². The summed E-state index contributed by atoms with van der Waals surface area (Å²) >= 11 is 0. The van der Waals surface area contributed by atoms with E-state index < -0.39 is 97.5 Å². The highest BCUT2D eigenvalue weighted by molar-refractivity contribution is 7.47. The van der Waals surface area contributed by atoms with E-state index in [-0.39, 0.29) is 25.7 Å². The van der Waals surface area contributed by atoms with Gasteiger partial charge in [0.05, 0.1) is 26.4 Å². The van der Waals surface area contributed by atoms with Crippen LogP contribution in [-0.4, -0.2) is 96.7 Å². The largest absolute Gasteiger partial charge is 0.472 e. The highest BCUT2D eigenvalue weighted by Gasteiger charge is 2.30. The summed E-state index contributed by atoms with van der Waals surface area (Å²) < 4.78 is 68.9. The Kier molecular flexibility index (Phi) is 78.2. The Labute approximate surface area is 651 Å². The molecule has 0 saturated carbocycles. The van der Waals surface area contributed by atoms with Crippen LogP contribution in [0, 0.1) is 5.92 Å². The van der Waals surface area contributed by atoms with Crippen molar-refractivity contribution in [2.45, 2.75) is 490 Å². The number of ether oxygens (including phenoxy) is 4. The SMILES string of the molecule is CCCCCCCCCCCCCCCCCCCCCCCC(=O)OC[C@H](COP(=O)(O)OC[C@@H](O)COP(=O)(O)OC[C@@H](COC(=O)CCCCCCCCCCCCC)OC(=O)CCCCCCCCCCCCCC)OC(=O)CCCCCCCCCCCCCCCCCCCCC(C)CC. The van der Waals surface area contributed by atoms with Crippen molar-refractivity contribution in [3.05, 3.63) is 0 Å². The molecule has 3 unspecified atom stereocenters. The number of rotatable bonds is 87. The summed E-state index contributed by atoms with van der Waals surface area (Å²) in [6, 6.07) is 0. The van der Waals surface area contributed by atoms with Gasteiger partial charge in [0.2, 0.25) is 0 Å². The highest BCUT2D eigenvalue weighted by Crippen LogP contribution is 2.45. The van der Waals surface area contributed by atoms with Crippen molar-refractivity contribution >= 4 is 39.5 Å². The maximum absolute atomic E-state index is 13.2. The van der Waals surface area contributed by atoms with Gasteiger partial charge in [-0.3, -0.25) is 37.3 Å². The van der Waals surface area contributed by atoms with Gasteiger partial charge in [0.1, 0.15) is 19.3 Å². The quantitative estimate of drug-likeness (QED) is 0.0222. The summed E-state index contributed by atoms with van der Waals surface area (Å²) in [5.41, 5.74) is 0. The molecular weight excluding hydrogens is 1380 g/mol. The average molecular weight is 1550 g/mol.